The van der Waals surface area contributed by atoms with Crippen LogP contribution in [0.25, 0.3) is 0 Å². The molecule has 0 unspecified atom stereocenters. The minimum atomic E-state index is -0.103. The number of azo groups is 2. The van der Waals surface area contributed by atoms with Crippen LogP contribution < -0.4 is 20.1 Å². The summed E-state index contributed by atoms with van der Waals surface area (Å²) >= 11 is 0. The molecule has 0 aliphatic heterocycles. The molecule has 0 saturated carbocycles. The molecule has 4 aromatic rings. The van der Waals surface area contributed by atoms with Gasteiger partial charge in [-0.15, -0.1) is 20.5 Å². The van der Waals surface area contributed by atoms with Crippen LogP contribution in [0.15, 0.2) is 106 Å². The third-order valence-electron chi connectivity index (χ3n) is 5.77. The number of hydrogen-bond acceptors (Lipinski definition) is 10. The average Bonchev–Trinajstić information content (AvgIpc) is 3.04. The van der Waals surface area contributed by atoms with Gasteiger partial charge in [0.25, 0.3) is 0 Å². The minimum Gasteiger partial charge on any atom is -0.494 e. The summed E-state index contributed by atoms with van der Waals surface area (Å²) in [7, 11) is 3.08. The molecule has 0 fully saturated rings. The lowest BCUT2D eigenvalue weighted by Gasteiger charge is -2.12. The second-order valence-electron chi connectivity index (χ2n) is 9.83. The molecule has 4 rings (SSSR count). The van der Waals surface area contributed by atoms with Crippen LogP contribution in [-0.4, -0.2) is 36.0 Å². The summed E-state index contributed by atoms with van der Waals surface area (Å²) in [6.45, 7) is 7.32. The van der Waals surface area contributed by atoms with Gasteiger partial charge in [-0.3, -0.25) is 9.59 Å². The Kier molecular flexibility index (Phi) is 12.6. The van der Waals surface area contributed by atoms with Gasteiger partial charge in [-0.25, -0.2) is 9.97 Å². The van der Waals surface area contributed by atoms with Gasteiger partial charge in [0.05, 0.1) is 37.0 Å². The number of carbonyl (C=O) groups is 2. The van der Waals surface area contributed by atoms with E-state index in [1.807, 2.05) is 52.0 Å². The van der Waals surface area contributed by atoms with E-state index in [4.69, 9.17) is 9.47 Å². The molecule has 2 heterocycles. The Balaban J connectivity index is 0.000000240. The number of rotatable bonds is 10. The number of nitrogens with zero attached hydrogens (tertiary/aromatic N) is 6. The van der Waals surface area contributed by atoms with Crippen molar-refractivity contribution in [2.45, 2.75) is 27.7 Å². The predicted molar refractivity (Wildman–Crippen MR) is 170 cm³/mol. The maximum Gasteiger partial charge on any atom is 0.227 e. The normalized spacial score (nSPS) is 10.9. The topological polar surface area (TPSA) is 152 Å². The Bertz CT molecular complexity index is 1460. The van der Waals surface area contributed by atoms with Crippen LogP contribution >= 0.6 is 0 Å². The number of ether oxygens (including phenoxy) is 2. The fraction of sp³-hybridized carbons (Fsp3) is 0.250. The van der Waals surface area contributed by atoms with Gasteiger partial charge in [0.1, 0.15) is 11.5 Å². The lowest BCUT2D eigenvalue weighted by atomic mass is 10.2. The maximum absolute atomic E-state index is 11.8. The number of benzene rings is 2. The molecule has 0 bridgehead atoms. The lowest BCUT2D eigenvalue weighted by molar-refractivity contribution is -0.119. The van der Waals surface area contributed by atoms with E-state index in [1.165, 1.54) is 0 Å². The van der Waals surface area contributed by atoms with Crippen molar-refractivity contribution >= 4 is 46.2 Å². The summed E-state index contributed by atoms with van der Waals surface area (Å²) in [5.74, 6) is 1.78. The minimum absolute atomic E-state index is 0.0684. The summed E-state index contributed by atoms with van der Waals surface area (Å²) in [4.78, 5) is 31.6. The monoisotopic (exact) mass is 596 g/mol. The summed E-state index contributed by atoms with van der Waals surface area (Å²) in [6, 6.07) is 21.2. The average molecular weight is 597 g/mol. The zero-order valence-corrected chi connectivity index (χ0v) is 25.6. The molecular weight excluding hydrogens is 560 g/mol. The molecule has 2 amide bonds. The second kappa shape index (κ2) is 16.8. The van der Waals surface area contributed by atoms with E-state index in [9.17, 15) is 9.59 Å². The lowest BCUT2D eigenvalue weighted by Crippen LogP contribution is -2.18. The molecule has 0 saturated heterocycles. The molecule has 0 atom stereocenters. The Morgan fingerprint density at radius 1 is 0.614 bits per heavy atom. The van der Waals surface area contributed by atoms with E-state index < -0.39 is 0 Å². The van der Waals surface area contributed by atoms with E-state index in [-0.39, 0.29) is 23.7 Å². The SMILES string of the molecule is COc1cc(N=Nc2ccccn2)ccc1NC(=O)C(C)C.COc1cc(N=Nc2ccccn2)ccc1NC(=O)C(C)C. The number of anilines is 2. The molecule has 2 aromatic carbocycles. The van der Waals surface area contributed by atoms with Crippen molar-refractivity contribution in [3.63, 3.8) is 0 Å². The fourth-order valence-corrected chi connectivity index (χ4v) is 3.29. The van der Waals surface area contributed by atoms with E-state index in [2.05, 4.69) is 41.1 Å². The van der Waals surface area contributed by atoms with E-state index in [1.54, 1.807) is 75.1 Å². The third-order valence-corrected chi connectivity index (χ3v) is 5.77. The highest BCUT2D eigenvalue weighted by Crippen LogP contribution is 2.31. The number of methoxy groups -OCH3 is 2. The Morgan fingerprint density at radius 3 is 1.34 bits per heavy atom. The molecule has 2 aromatic heterocycles. The summed E-state index contributed by atoms with van der Waals surface area (Å²) < 4.78 is 10.6. The number of carbonyl (C=O) groups excluding carboxylic acids is 2. The number of aromatic nitrogens is 2. The van der Waals surface area contributed by atoms with Gasteiger partial charge in [0, 0.05) is 36.4 Å². The van der Waals surface area contributed by atoms with Gasteiger partial charge in [-0.1, -0.05) is 39.8 Å². The van der Waals surface area contributed by atoms with Crippen LogP contribution in [0.2, 0.25) is 0 Å². The van der Waals surface area contributed by atoms with Crippen molar-refractivity contribution in [1.82, 2.24) is 9.97 Å². The largest absolute Gasteiger partial charge is 0.494 e. The fourth-order valence-electron chi connectivity index (χ4n) is 3.29. The van der Waals surface area contributed by atoms with Crippen LogP contribution in [0.3, 0.4) is 0 Å². The Labute approximate surface area is 256 Å². The van der Waals surface area contributed by atoms with Gasteiger partial charge in [-0.05, 0) is 48.5 Å². The number of amides is 2. The van der Waals surface area contributed by atoms with Crippen LogP contribution in [0, 0.1) is 11.8 Å². The second-order valence-corrected chi connectivity index (χ2v) is 9.83. The quantitative estimate of drug-likeness (QED) is 0.176. The highest BCUT2D eigenvalue weighted by atomic mass is 16.5. The summed E-state index contributed by atoms with van der Waals surface area (Å²) in [6.07, 6.45) is 3.30. The van der Waals surface area contributed by atoms with Gasteiger partial charge in [-0.2, -0.15) is 0 Å². The first-order valence-corrected chi connectivity index (χ1v) is 13.8. The number of nitrogens with one attached hydrogen (secondary N) is 2. The molecule has 0 aliphatic rings. The Morgan fingerprint density at radius 2 is 1.02 bits per heavy atom. The van der Waals surface area contributed by atoms with Gasteiger partial charge in [0.2, 0.25) is 11.8 Å². The molecular formula is C32H36N8O4. The molecule has 44 heavy (non-hydrogen) atoms. The third kappa shape index (κ3) is 10.4. The molecule has 0 spiro atoms. The zero-order chi connectivity index (χ0) is 31.9. The first kappa shape index (κ1) is 33.0. The molecule has 0 aliphatic carbocycles. The molecule has 12 nitrogen and oxygen atoms in total. The molecule has 228 valence electrons. The van der Waals surface area contributed by atoms with Gasteiger partial charge in [0.15, 0.2) is 11.6 Å². The summed E-state index contributed by atoms with van der Waals surface area (Å²) in [5, 5.41) is 21.9. The van der Waals surface area contributed by atoms with Crippen LogP contribution in [-0.2, 0) is 9.59 Å². The maximum atomic E-state index is 11.8. The zero-order valence-electron chi connectivity index (χ0n) is 25.6. The van der Waals surface area contributed by atoms with Crippen molar-refractivity contribution in [2.24, 2.45) is 32.3 Å². The van der Waals surface area contributed by atoms with Crippen LogP contribution in [0.5, 0.6) is 11.5 Å². The van der Waals surface area contributed by atoms with E-state index in [0.717, 1.165) is 0 Å². The Hall–Kier alpha value is -5.52. The highest BCUT2D eigenvalue weighted by Gasteiger charge is 2.12. The van der Waals surface area contributed by atoms with Gasteiger partial charge >= 0.3 is 0 Å². The van der Waals surface area contributed by atoms with E-state index in [0.29, 0.717) is 45.9 Å². The van der Waals surface area contributed by atoms with Gasteiger partial charge < -0.3 is 20.1 Å². The summed E-state index contributed by atoms with van der Waals surface area (Å²) in [5.41, 5.74) is 2.45. The van der Waals surface area contributed by atoms with Crippen LogP contribution in [0.4, 0.5) is 34.4 Å². The molecule has 2 N–H and O–H groups in total. The van der Waals surface area contributed by atoms with Crippen molar-refractivity contribution in [3.05, 3.63) is 85.2 Å². The van der Waals surface area contributed by atoms with Crippen molar-refractivity contribution in [2.75, 3.05) is 24.9 Å². The standard InChI is InChI=1S/2C16H18N4O2/c2*1-11(2)16(21)18-13-8-7-12(10-14(13)22-3)19-20-15-6-4-5-9-17-15/h2*4-11H,1-3H3,(H,18,21). The predicted octanol–water partition coefficient (Wildman–Crippen LogP) is 8.20. The first-order valence-electron chi connectivity index (χ1n) is 13.8. The van der Waals surface area contributed by atoms with Crippen LogP contribution in [0.1, 0.15) is 27.7 Å². The van der Waals surface area contributed by atoms with Crippen molar-refractivity contribution < 1.29 is 19.1 Å². The van der Waals surface area contributed by atoms with Crippen molar-refractivity contribution in [3.8, 4) is 11.5 Å². The smallest absolute Gasteiger partial charge is 0.227 e. The highest BCUT2D eigenvalue weighted by molar-refractivity contribution is 5.94. The first-order chi connectivity index (χ1) is 21.2. The molecule has 12 heteroatoms. The molecule has 0 radical (unpaired) electrons. The van der Waals surface area contributed by atoms with E-state index >= 15 is 0 Å². The number of hydrogen-bond donors (Lipinski definition) is 2. The number of pyridine rings is 2. The van der Waals surface area contributed by atoms with Crippen molar-refractivity contribution in [1.29, 1.82) is 0 Å².